The normalized spacial score (nSPS) is 12.3. The van der Waals surface area contributed by atoms with E-state index in [4.69, 9.17) is 27.0 Å². The molecular formula is C13H15Cl2FO4S. The summed E-state index contributed by atoms with van der Waals surface area (Å²) in [6, 6.07) is 1.84. The third-order valence-electron chi connectivity index (χ3n) is 2.57. The Hall–Kier alpha value is -0.850. The van der Waals surface area contributed by atoms with Crippen LogP contribution in [0.2, 0.25) is 5.02 Å². The molecule has 0 radical (unpaired) electrons. The zero-order valence-corrected chi connectivity index (χ0v) is 14.1. The maximum Gasteiger partial charge on any atom is 0.341 e. The molecule has 0 saturated heterocycles. The van der Waals surface area contributed by atoms with Crippen LogP contribution in [0.3, 0.4) is 0 Å². The predicted octanol–water partition coefficient (Wildman–Crippen LogP) is 4.00. The average molecular weight is 357 g/mol. The van der Waals surface area contributed by atoms with Gasteiger partial charge in [0, 0.05) is 15.7 Å². The minimum absolute atomic E-state index is 0.0577. The predicted molar refractivity (Wildman–Crippen MR) is 78.8 cm³/mol. The molecule has 0 bridgehead atoms. The largest absolute Gasteiger partial charge is 0.462 e. The summed E-state index contributed by atoms with van der Waals surface area (Å²) < 4.78 is 41.5. The highest BCUT2D eigenvalue weighted by Crippen LogP contribution is 2.27. The number of rotatable bonds is 4. The molecule has 0 fully saturated rings. The van der Waals surface area contributed by atoms with E-state index in [1.165, 1.54) is 0 Å². The molecule has 0 unspecified atom stereocenters. The lowest BCUT2D eigenvalue weighted by atomic mass is 9.93. The number of hydrogen-bond acceptors (Lipinski definition) is 4. The van der Waals surface area contributed by atoms with Crippen LogP contribution in [0.15, 0.2) is 17.0 Å². The van der Waals surface area contributed by atoms with Crippen molar-refractivity contribution in [2.24, 2.45) is 5.41 Å². The van der Waals surface area contributed by atoms with Crippen LogP contribution in [0, 0.1) is 11.2 Å². The Bertz CT molecular complexity index is 651. The van der Waals surface area contributed by atoms with Gasteiger partial charge in [0.2, 0.25) is 0 Å². The Morgan fingerprint density at radius 3 is 2.38 bits per heavy atom. The summed E-state index contributed by atoms with van der Waals surface area (Å²) in [5.74, 6) is -2.25. The van der Waals surface area contributed by atoms with Crippen molar-refractivity contribution in [3.63, 3.8) is 0 Å². The van der Waals surface area contributed by atoms with Crippen LogP contribution in [-0.4, -0.2) is 21.0 Å². The monoisotopic (exact) mass is 356 g/mol. The van der Waals surface area contributed by atoms with Crippen molar-refractivity contribution >= 4 is 37.3 Å². The molecule has 0 aliphatic rings. The molecule has 0 saturated carbocycles. The van der Waals surface area contributed by atoms with Gasteiger partial charge in [0.05, 0.1) is 12.2 Å². The lowest BCUT2D eigenvalue weighted by Gasteiger charge is -2.17. The molecule has 0 heterocycles. The highest BCUT2D eigenvalue weighted by Gasteiger charge is 2.25. The maximum atomic E-state index is 14.0. The van der Waals surface area contributed by atoms with E-state index in [1.807, 2.05) is 20.8 Å². The molecule has 1 aromatic rings. The van der Waals surface area contributed by atoms with Crippen LogP contribution >= 0.6 is 22.3 Å². The fraction of sp³-hybridized carbons (Fsp3) is 0.462. The van der Waals surface area contributed by atoms with Crippen LogP contribution in [0.5, 0.6) is 0 Å². The number of benzene rings is 1. The van der Waals surface area contributed by atoms with Crippen LogP contribution in [-0.2, 0) is 13.8 Å². The van der Waals surface area contributed by atoms with Crippen LogP contribution in [0.1, 0.15) is 37.6 Å². The number of halogens is 3. The van der Waals surface area contributed by atoms with Crippen molar-refractivity contribution in [3.05, 3.63) is 28.5 Å². The molecule has 0 aromatic heterocycles. The fourth-order valence-corrected chi connectivity index (χ4v) is 2.63. The topological polar surface area (TPSA) is 60.4 Å². The third-order valence-corrected chi connectivity index (χ3v) is 4.11. The summed E-state index contributed by atoms with van der Waals surface area (Å²) in [5.41, 5.74) is -0.617. The van der Waals surface area contributed by atoms with Crippen molar-refractivity contribution in [2.75, 3.05) is 6.61 Å². The first-order valence-electron chi connectivity index (χ1n) is 6.02. The number of hydrogen-bond donors (Lipinski definition) is 0. The number of carbonyl (C=O) groups is 1. The Balaban J connectivity index is 3.03. The van der Waals surface area contributed by atoms with Gasteiger partial charge in [-0.2, -0.15) is 0 Å². The van der Waals surface area contributed by atoms with E-state index in [0.29, 0.717) is 6.42 Å². The van der Waals surface area contributed by atoms with E-state index in [1.54, 1.807) is 0 Å². The van der Waals surface area contributed by atoms with Crippen molar-refractivity contribution < 1.29 is 22.3 Å². The van der Waals surface area contributed by atoms with Crippen LogP contribution in [0.4, 0.5) is 4.39 Å². The molecule has 1 aromatic carbocycles. The lowest BCUT2D eigenvalue weighted by Crippen LogP contribution is -2.15. The van der Waals surface area contributed by atoms with E-state index in [2.05, 4.69) is 0 Å². The van der Waals surface area contributed by atoms with Crippen molar-refractivity contribution in [1.82, 2.24) is 0 Å². The van der Waals surface area contributed by atoms with Gasteiger partial charge in [0.1, 0.15) is 4.90 Å². The summed E-state index contributed by atoms with van der Waals surface area (Å²) in [6.45, 7) is 5.95. The van der Waals surface area contributed by atoms with Gasteiger partial charge in [-0.15, -0.1) is 0 Å². The Morgan fingerprint density at radius 1 is 1.33 bits per heavy atom. The van der Waals surface area contributed by atoms with E-state index in [0.717, 1.165) is 12.1 Å². The molecule has 1 rings (SSSR count). The van der Waals surface area contributed by atoms with Gasteiger partial charge in [0.15, 0.2) is 5.82 Å². The van der Waals surface area contributed by atoms with E-state index >= 15 is 0 Å². The molecule has 0 atom stereocenters. The minimum atomic E-state index is -4.35. The molecule has 0 aliphatic heterocycles. The zero-order valence-electron chi connectivity index (χ0n) is 11.7. The van der Waals surface area contributed by atoms with Gasteiger partial charge < -0.3 is 4.74 Å². The molecule has 8 heteroatoms. The Morgan fingerprint density at radius 2 is 1.90 bits per heavy atom. The number of carbonyl (C=O) groups excluding carboxylic acids is 1. The second kappa shape index (κ2) is 6.50. The molecular weight excluding hydrogens is 342 g/mol. The number of esters is 1. The Labute approximate surface area is 132 Å². The van der Waals surface area contributed by atoms with Crippen molar-refractivity contribution in [3.8, 4) is 0 Å². The lowest BCUT2D eigenvalue weighted by molar-refractivity contribution is 0.0459. The maximum absolute atomic E-state index is 14.0. The molecule has 118 valence electrons. The highest BCUT2D eigenvalue weighted by molar-refractivity contribution is 8.13. The van der Waals surface area contributed by atoms with Gasteiger partial charge in [-0.1, -0.05) is 32.4 Å². The highest BCUT2D eigenvalue weighted by atomic mass is 35.7. The second-order valence-electron chi connectivity index (χ2n) is 5.65. The second-order valence-corrected chi connectivity index (χ2v) is 8.62. The standard InChI is InChI=1S/C13H15Cl2FO4S/c1-13(2,3)4-5-20-12(17)9-6-8(14)7-10(11(9)16)21(15,18)19/h6-7H,4-5H2,1-3H3. The molecule has 0 amide bonds. The van der Waals surface area contributed by atoms with Gasteiger partial charge in [-0.05, 0) is 24.0 Å². The molecule has 0 spiro atoms. The van der Waals surface area contributed by atoms with Gasteiger partial charge in [-0.25, -0.2) is 17.6 Å². The van der Waals surface area contributed by atoms with Crippen LogP contribution in [0.25, 0.3) is 0 Å². The van der Waals surface area contributed by atoms with E-state index in [9.17, 15) is 17.6 Å². The summed E-state index contributed by atoms with van der Waals surface area (Å²) >= 11 is 5.68. The summed E-state index contributed by atoms with van der Waals surface area (Å²) in [5, 5.41) is -0.126. The fourth-order valence-electron chi connectivity index (χ4n) is 1.42. The summed E-state index contributed by atoms with van der Waals surface area (Å²) in [6.07, 6.45) is 0.571. The molecule has 0 N–H and O–H groups in total. The van der Waals surface area contributed by atoms with Crippen LogP contribution < -0.4 is 0 Å². The first kappa shape index (κ1) is 18.2. The molecule has 21 heavy (non-hydrogen) atoms. The minimum Gasteiger partial charge on any atom is -0.462 e. The van der Waals surface area contributed by atoms with Crippen molar-refractivity contribution in [2.45, 2.75) is 32.1 Å². The zero-order chi connectivity index (χ0) is 16.4. The SMILES string of the molecule is CC(C)(C)CCOC(=O)c1cc(Cl)cc(S(=O)(=O)Cl)c1F. The average Bonchev–Trinajstić information content (AvgIpc) is 2.28. The molecule has 4 nitrogen and oxygen atoms in total. The van der Waals surface area contributed by atoms with Gasteiger partial charge >= 0.3 is 5.97 Å². The third kappa shape index (κ3) is 5.45. The Kier molecular flexibility index (Phi) is 5.63. The smallest absolute Gasteiger partial charge is 0.341 e. The number of ether oxygens (including phenoxy) is 1. The summed E-state index contributed by atoms with van der Waals surface area (Å²) in [7, 11) is 0.747. The molecule has 0 aliphatic carbocycles. The summed E-state index contributed by atoms with van der Waals surface area (Å²) in [4.78, 5) is 11.0. The first-order chi connectivity index (χ1) is 9.42. The van der Waals surface area contributed by atoms with E-state index in [-0.39, 0.29) is 17.0 Å². The van der Waals surface area contributed by atoms with Crippen molar-refractivity contribution in [1.29, 1.82) is 0 Å². The quantitative estimate of drug-likeness (QED) is 0.604. The van der Waals surface area contributed by atoms with E-state index < -0.39 is 31.3 Å². The van der Waals surface area contributed by atoms with Gasteiger partial charge in [-0.3, -0.25) is 0 Å². The first-order valence-corrected chi connectivity index (χ1v) is 8.71. The van der Waals surface area contributed by atoms with Gasteiger partial charge in [0.25, 0.3) is 9.05 Å².